The van der Waals surface area contributed by atoms with Crippen LogP contribution in [0.15, 0.2) is 60.0 Å². The van der Waals surface area contributed by atoms with Crippen LogP contribution in [0, 0.1) is 0 Å². The number of hydrogen-bond donors (Lipinski definition) is 1. The maximum atomic E-state index is 12.0. The van der Waals surface area contributed by atoms with Crippen LogP contribution in [0.25, 0.3) is 11.3 Å². The summed E-state index contributed by atoms with van der Waals surface area (Å²) in [6, 6.07) is 18.1. The Morgan fingerprint density at radius 2 is 1.88 bits per heavy atom. The summed E-state index contributed by atoms with van der Waals surface area (Å²) < 4.78 is 5.17. The Hall–Kier alpha value is -2.66. The molecule has 1 N–H and O–H groups in total. The van der Waals surface area contributed by atoms with Crippen LogP contribution in [0.3, 0.4) is 0 Å². The highest BCUT2D eigenvalue weighted by molar-refractivity contribution is 7.09. The number of carbonyl (C=O) groups is 1. The van der Waals surface area contributed by atoms with Gasteiger partial charge in [-0.2, -0.15) is 0 Å². The molecule has 0 saturated heterocycles. The lowest BCUT2D eigenvalue weighted by Crippen LogP contribution is -2.22. The zero-order chi connectivity index (χ0) is 18.2. The number of hydrogen-bond acceptors (Lipinski definition) is 4. The van der Waals surface area contributed by atoms with Gasteiger partial charge in [0.05, 0.1) is 19.3 Å². The first kappa shape index (κ1) is 18.1. The Balaban J connectivity index is 1.44. The molecule has 1 aromatic heterocycles. The third-order valence-corrected chi connectivity index (χ3v) is 4.94. The fraction of sp³-hybridized carbons (Fsp3) is 0.238. The molecule has 0 bridgehead atoms. The third kappa shape index (κ3) is 5.17. The van der Waals surface area contributed by atoms with Gasteiger partial charge in [0.2, 0.25) is 5.91 Å². The van der Waals surface area contributed by atoms with Crippen LogP contribution >= 0.6 is 11.3 Å². The van der Waals surface area contributed by atoms with Crippen molar-refractivity contribution in [1.82, 2.24) is 10.3 Å². The van der Waals surface area contributed by atoms with Gasteiger partial charge in [-0.25, -0.2) is 4.98 Å². The number of methoxy groups -OCH3 is 1. The molecule has 1 heterocycles. The molecule has 26 heavy (non-hydrogen) atoms. The van der Waals surface area contributed by atoms with Gasteiger partial charge in [0.1, 0.15) is 10.8 Å². The van der Waals surface area contributed by atoms with Crippen LogP contribution in [0.1, 0.15) is 23.4 Å². The molecule has 0 aliphatic carbocycles. The first-order valence-corrected chi connectivity index (χ1v) is 9.52. The van der Waals surface area contributed by atoms with Gasteiger partial charge in [-0.15, -0.1) is 11.3 Å². The predicted octanol–water partition coefficient (Wildman–Crippen LogP) is 4.46. The number of nitrogens with one attached hydrogen (secondary N) is 1. The highest BCUT2D eigenvalue weighted by Gasteiger charge is 2.07. The molecule has 0 unspecified atom stereocenters. The largest absolute Gasteiger partial charge is 0.497 e. The fourth-order valence-electron chi connectivity index (χ4n) is 2.65. The van der Waals surface area contributed by atoms with E-state index < -0.39 is 0 Å². The highest BCUT2D eigenvalue weighted by Crippen LogP contribution is 2.24. The van der Waals surface area contributed by atoms with Crippen LogP contribution in [0.2, 0.25) is 0 Å². The van der Waals surface area contributed by atoms with E-state index in [9.17, 15) is 4.79 Å². The number of carbonyl (C=O) groups excluding carboxylic acids is 1. The Morgan fingerprint density at radius 1 is 1.12 bits per heavy atom. The molecule has 5 heteroatoms. The molecule has 4 nitrogen and oxygen atoms in total. The minimum Gasteiger partial charge on any atom is -0.497 e. The van der Waals surface area contributed by atoms with Crippen LogP contribution < -0.4 is 10.1 Å². The van der Waals surface area contributed by atoms with Gasteiger partial charge in [-0.1, -0.05) is 30.3 Å². The fourth-order valence-corrected chi connectivity index (χ4v) is 3.39. The topological polar surface area (TPSA) is 51.2 Å². The summed E-state index contributed by atoms with van der Waals surface area (Å²) in [6.45, 7) is 0.477. The number of benzene rings is 2. The molecule has 0 spiro atoms. The second kappa shape index (κ2) is 9.15. The molecule has 0 aliphatic heterocycles. The zero-order valence-electron chi connectivity index (χ0n) is 14.8. The summed E-state index contributed by atoms with van der Waals surface area (Å²) in [6.07, 6.45) is 2.31. The molecule has 1 amide bonds. The summed E-state index contributed by atoms with van der Waals surface area (Å²) in [5.41, 5.74) is 3.23. The molecule has 0 atom stereocenters. The summed E-state index contributed by atoms with van der Waals surface area (Å²) >= 11 is 1.56. The zero-order valence-corrected chi connectivity index (χ0v) is 15.6. The molecule has 2 aromatic carbocycles. The minimum atomic E-state index is 0.0714. The molecule has 134 valence electrons. The standard InChI is InChI=1S/C21H22N2O2S/c1-25-18-12-10-17(11-13-18)19-15-26-21(23-19)14-22-20(24)9-5-8-16-6-3-2-4-7-16/h2-4,6-7,10-13,15H,5,8-9,14H2,1H3,(H,22,24). The molecule has 0 aliphatic rings. The van der Waals surface area contributed by atoms with E-state index in [2.05, 4.69) is 22.4 Å². The van der Waals surface area contributed by atoms with Crippen molar-refractivity contribution < 1.29 is 9.53 Å². The average Bonchev–Trinajstić information content (AvgIpc) is 3.16. The van der Waals surface area contributed by atoms with Crippen molar-refractivity contribution in [2.75, 3.05) is 7.11 Å². The molecule has 0 radical (unpaired) electrons. The summed E-state index contributed by atoms with van der Waals surface area (Å²) in [5.74, 6) is 0.897. The second-order valence-corrected chi connectivity index (χ2v) is 6.91. The van der Waals surface area contributed by atoms with Crippen LogP contribution in [0.4, 0.5) is 0 Å². The smallest absolute Gasteiger partial charge is 0.220 e. The van der Waals surface area contributed by atoms with Crippen molar-refractivity contribution in [2.24, 2.45) is 0 Å². The molecular weight excluding hydrogens is 344 g/mol. The molecule has 3 aromatic rings. The van der Waals surface area contributed by atoms with Crippen LogP contribution in [-0.4, -0.2) is 18.0 Å². The van der Waals surface area contributed by atoms with Crippen molar-refractivity contribution in [3.63, 3.8) is 0 Å². The van der Waals surface area contributed by atoms with E-state index in [1.54, 1.807) is 18.4 Å². The van der Waals surface area contributed by atoms with E-state index in [0.717, 1.165) is 34.9 Å². The lowest BCUT2D eigenvalue weighted by Gasteiger charge is -2.04. The van der Waals surface area contributed by atoms with Crippen molar-refractivity contribution in [3.05, 3.63) is 70.5 Å². The van der Waals surface area contributed by atoms with Crippen LogP contribution in [-0.2, 0) is 17.8 Å². The quantitative estimate of drug-likeness (QED) is 0.640. The van der Waals surface area contributed by atoms with E-state index in [1.807, 2.05) is 47.8 Å². The maximum absolute atomic E-state index is 12.0. The van der Waals surface area contributed by atoms with Crippen molar-refractivity contribution in [3.8, 4) is 17.0 Å². The number of amides is 1. The Kier molecular flexibility index (Phi) is 6.39. The third-order valence-electron chi connectivity index (χ3n) is 4.09. The first-order chi connectivity index (χ1) is 12.7. The number of thiazole rings is 1. The van der Waals surface area contributed by atoms with E-state index in [-0.39, 0.29) is 5.91 Å². The van der Waals surface area contributed by atoms with Gasteiger partial charge in [-0.3, -0.25) is 4.79 Å². The lowest BCUT2D eigenvalue weighted by atomic mass is 10.1. The van der Waals surface area contributed by atoms with Crippen molar-refractivity contribution in [2.45, 2.75) is 25.8 Å². The summed E-state index contributed by atoms with van der Waals surface area (Å²) in [7, 11) is 1.65. The average molecular weight is 366 g/mol. The normalized spacial score (nSPS) is 10.5. The number of aromatic nitrogens is 1. The summed E-state index contributed by atoms with van der Waals surface area (Å²) in [4.78, 5) is 16.6. The predicted molar refractivity (Wildman–Crippen MR) is 105 cm³/mol. The Morgan fingerprint density at radius 3 is 2.62 bits per heavy atom. The number of rotatable bonds is 8. The molecular formula is C21H22N2O2S. The van der Waals surface area contributed by atoms with E-state index in [4.69, 9.17) is 4.74 Å². The minimum absolute atomic E-state index is 0.0714. The second-order valence-electron chi connectivity index (χ2n) is 5.97. The molecule has 0 fully saturated rings. The van der Waals surface area contributed by atoms with Crippen molar-refractivity contribution in [1.29, 1.82) is 0 Å². The van der Waals surface area contributed by atoms with E-state index >= 15 is 0 Å². The summed E-state index contributed by atoms with van der Waals surface area (Å²) in [5, 5.41) is 5.88. The number of ether oxygens (including phenoxy) is 1. The van der Waals surface area contributed by atoms with Gasteiger partial charge in [0.15, 0.2) is 0 Å². The van der Waals surface area contributed by atoms with Crippen LogP contribution in [0.5, 0.6) is 5.75 Å². The van der Waals surface area contributed by atoms with Gasteiger partial charge in [0, 0.05) is 17.4 Å². The van der Waals surface area contributed by atoms with Gasteiger partial charge < -0.3 is 10.1 Å². The lowest BCUT2D eigenvalue weighted by molar-refractivity contribution is -0.121. The highest BCUT2D eigenvalue weighted by atomic mass is 32.1. The monoisotopic (exact) mass is 366 g/mol. The van der Waals surface area contributed by atoms with Gasteiger partial charge >= 0.3 is 0 Å². The number of aryl methyl sites for hydroxylation is 1. The first-order valence-electron chi connectivity index (χ1n) is 8.64. The Labute approximate surface area is 157 Å². The van der Waals surface area contributed by atoms with Crippen molar-refractivity contribution >= 4 is 17.2 Å². The number of nitrogens with zero attached hydrogens (tertiary/aromatic N) is 1. The van der Waals surface area contributed by atoms with Gasteiger partial charge in [-0.05, 0) is 42.7 Å². The van der Waals surface area contributed by atoms with Gasteiger partial charge in [0.25, 0.3) is 0 Å². The Bertz CT molecular complexity index is 829. The molecule has 0 saturated carbocycles. The van der Waals surface area contributed by atoms with E-state index in [1.165, 1.54) is 5.56 Å². The SMILES string of the molecule is COc1ccc(-c2csc(CNC(=O)CCCc3ccccc3)n2)cc1. The molecule has 3 rings (SSSR count). The van der Waals surface area contributed by atoms with E-state index in [0.29, 0.717) is 13.0 Å². The maximum Gasteiger partial charge on any atom is 0.220 e.